The molecule has 0 unspecified atom stereocenters. The van der Waals surface area contributed by atoms with E-state index in [1.807, 2.05) is 6.08 Å². The lowest BCUT2D eigenvalue weighted by Crippen LogP contribution is -2.58. The van der Waals surface area contributed by atoms with Crippen LogP contribution in [0.3, 0.4) is 0 Å². The monoisotopic (exact) mass is 807 g/mol. The van der Waals surface area contributed by atoms with Gasteiger partial charge >= 0.3 is 12.3 Å². The van der Waals surface area contributed by atoms with Crippen molar-refractivity contribution < 1.29 is 54.3 Å². The molecule has 3 fully saturated rings. The highest BCUT2D eigenvalue weighted by Gasteiger charge is 2.63. The van der Waals surface area contributed by atoms with Crippen molar-refractivity contribution in [2.45, 2.75) is 112 Å². The molecule has 3 heterocycles. The molecule has 5 atom stereocenters. The molecule has 3 aliphatic heterocycles. The van der Waals surface area contributed by atoms with Gasteiger partial charge in [0.2, 0.25) is 21.8 Å². The van der Waals surface area contributed by atoms with Gasteiger partial charge in [-0.2, -0.15) is 13.2 Å². The van der Waals surface area contributed by atoms with Gasteiger partial charge in [0, 0.05) is 30.1 Å². The Labute approximate surface area is 320 Å². The van der Waals surface area contributed by atoms with E-state index >= 15 is 0 Å². The molecule has 5 aliphatic rings. The van der Waals surface area contributed by atoms with Crippen molar-refractivity contribution >= 4 is 39.5 Å². The first-order valence-corrected chi connectivity index (χ1v) is 20.1. The van der Waals surface area contributed by atoms with Crippen LogP contribution < -0.4 is 15.4 Å². The van der Waals surface area contributed by atoms with Crippen LogP contribution in [0.4, 0.5) is 32.4 Å². The highest BCUT2D eigenvalue weighted by Crippen LogP contribution is 2.47. The number of ether oxygens (including phenoxy) is 1. The second kappa shape index (κ2) is 14.6. The zero-order valence-corrected chi connectivity index (χ0v) is 31.3. The second-order valence-electron chi connectivity index (χ2n) is 15.6. The first-order chi connectivity index (χ1) is 26.4. The molecule has 12 nitrogen and oxygen atoms in total. The fourth-order valence-corrected chi connectivity index (χ4v) is 9.02. The number of nitrogens with zero attached hydrogens (tertiary/aromatic N) is 2. The number of alkyl halides is 3. The van der Waals surface area contributed by atoms with Crippen molar-refractivity contribution in [3.63, 3.8) is 0 Å². The summed E-state index contributed by atoms with van der Waals surface area (Å²) < 4.78 is 102. The summed E-state index contributed by atoms with van der Waals surface area (Å²) in [6.45, 7) is 1.19. The normalized spacial score (nSPS) is 27.5. The molecule has 7 rings (SSSR count). The average Bonchev–Trinajstić information content (AvgIpc) is 3.92. The van der Waals surface area contributed by atoms with E-state index in [2.05, 4.69) is 15.4 Å². The van der Waals surface area contributed by atoms with Crippen molar-refractivity contribution in [2.24, 2.45) is 5.92 Å². The summed E-state index contributed by atoms with van der Waals surface area (Å²) in [7, 11) is -4.09. The van der Waals surface area contributed by atoms with E-state index in [1.165, 1.54) is 24.0 Å². The van der Waals surface area contributed by atoms with Crippen LogP contribution in [0.1, 0.15) is 81.4 Å². The molecule has 0 bridgehead atoms. The number of hydrogen-bond donors (Lipinski definition) is 3. The fourth-order valence-electron chi connectivity index (χ4n) is 7.71. The van der Waals surface area contributed by atoms with Crippen LogP contribution in [0.25, 0.3) is 0 Å². The summed E-state index contributed by atoms with van der Waals surface area (Å²) in [4.78, 5) is 58.3. The molecule has 2 aromatic carbocycles. The molecule has 2 saturated carbocycles. The first-order valence-electron chi connectivity index (χ1n) is 18.6. The van der Waals surface area contributed by atoms with E-state index in [9.17, 15) is 49.5 Å². The number of allylic oxidation sites excluding steroid dienone is 1. The molecule has 0 radical (unpaired) electrons. The molecule has 4 amide bonds. The van der Waals surface area contributed by atoms with Crippen molar-refractivity contribution in [3.05, 3.63) is 76.9 Å². The zero-order valence-electron chi connectivity index (χ0n) is 30.5. The maximum Gasteiger partial charge on any atom is 0.419 e. The molecule has 2 aliphatic carbocycles. The van der Waals surface area contributed by atoms with Crippen molar-refractivity contribution in [1.29, 1.82) is 0 Å². The van der Waals surface area contributed by atoms with Crippen molar-refractivity contribution in [3.8, 4) is 0 Å². The molecule has 0 aromatic heterocycles. The minimum Gasteiger partial charge on any atom is -0.444 e. The summed E-state index contributed by atoms with van der Waals surface area (Å²) >= 11 is 0. The van der Waals surface area contributed by atoms with Crippen LogP contribution in [0, 0.1) is 17.6 Å². The van der Waals surface area contributed by atoms with Gasteiger partial charge in [0.05, 0.1) is 23.4 Å². The van der Waals surface area contributed by atoms with Crippen molar-refractivity contribution in [2.75, 3.05) is 11.9 Å². The number of anilines is 1. The number of carbonyl (C=O) groups is 4. The van der Waals surface area contributed by atoms with Gasteiger partial charge in [0.15, 0.2) is 0 Å². The summed E-state index contributed by atoms with van der Waals surface area (Å²) in [5.74, 6) is -5.02. The van der Waals surface area contributed by atoms with Crippen LogP contribution in [0.15, 0.2) is 48.6 Å². The quantitative estimate of drug-likeness (QED) is 0.264. The molecule has 3 N–H and O–H groups in total. The molecule has 2 aromatic rings. The smallest absolute Gasteiger partial charge is 0.419 e. The third-order valence-corrected chi connectivity index (χ3v) is 13.7. The van der Waals surface area contributed by atoms with E-state index in [-0.39, 0.29) is 44.6 Å². The number of nitrogens with one attached hydrogen (secondary N) is 3. The Morgan fingerprint density at radius 2 is 1.79 bits per heavy atom. The largest absolute Gasteiger partial charge is 0.444 e. The lowest BCUT2D eigenvalue weighted by molar-refractivity contribution is -0.140. The van der Waals surface area contributed by atoms with Crippen LogP contribution in [0.2, 0.25) is 0 Å². The van der Waals surface area contributed by atoms with Crippen LogP contribution in [-0.4, -0.2) is 77.1 Å². The molecular weight excluding hydrogens is 766 g/mol. The number of carbonyl (C=O) groups excluding carboxylic acids is 4. The Hall–Kier alpha value is -4.74. The number of amides is 4. The molecule has 18 heteroatoms. The van der Waals surface area contributed by atoms with Gasteiger partial charge in [-0.05, 0) is 75.3 Å². The highest BCUT2D eigenvalue weighted by molar-refractivity contribution is 7.91. The summed E-state index contributed by atoms with van der Waals surface area (Å²) in [5.41, 5.74) is -2.47. The first kappa shape index (κ1) is 39.5. The number of sulfonamides is 1. The predicted octanol–water partition coefficient (Wildman–Crippen LogP) is 5.28. The van der Waals surface area contributed by atoms with Gasteiger partial charge in [-0.1, -0.05) is 37.1 Å². The third kappa shape index (κ3) is 7.80. The summed E-state index contributed by atoms with van der Waals surface area (Å²) in [6, 6.07) is 4.16. The van der Waals surface area contributed by atoms with Gasteiger partial charge in [-0.15, -0.1) is 0 Å². The molecular formula is C38H42F5N5O7S. The Morgan fingerprint density at radius 1 is 1.02 bits per heavy atom. The lowest BCUT2D eigenvalue weighted by atomic mass is 10.0. The Kier molecular flexibility index (Phi) is 10.3. The maximum atomic E-state index is 14.5. The minimum absolute atomic E-state index is 0.0588. The number of benzene rings is 2. The van der Waals surface area contributed by atoms with Gasteiger partial charge in [-0.25, -0.2) is 22.0 Å². The minimum atomic E-state index is -5.02. The van der Waals surface area contributed by atoms with Crippen molar-refractivity contribution in [1.82, 2.24) is 19.8 Å². The molecule has 1 saturated heterocycles. The Morgan fingerprint density at radius 3 is 2.50 bits per heavy atom. The van der Waals surface area contributed by atoms with Gasteiger partial charge in [0.1, 0.15) is 35.4 Å². The van der Waals surface area contributed by atoms with E-state index in [0.29, 0.717) is 61.8 Å². The Balaban J connectivity index is 1.17. The van der Waals surface area contributed by atoms with E-state index in [0.717, 1.165) is 11.0 Å². The summed E-state index contributed by atoms with van der Waals surface area (Å²) in [6.07, 6.45) is -0.425. The topological polar surface area (TPSA) is 154 Å². The number of fused-ring (bicyclic) bond motifs is 3. The number of halogens is 5. The van der Waals surface area contributed by atoms with Gasteiger partial charge in [-0.3, -0.25) is 24.0 Å². The third-order valence-electron chi connectivity index (χ3n) is 11.5. The van der Waals surface area contributed by atoms with E-state index < -0.39 is 91.6 Å². The van der Waals surface area contributed by atoms with Crippen LogP contribution in [-0.2, 0) is 48.4 Å². The number of rotatable bonds is 6. The lowest BCUT2D eigenvalue weighted by Gasteiger charge is -2.30. The maximum absolute atomic E-state index is 14.5. The SMILES string of the molecule is CC1(S(=O)(=O)NC(=O)[C@@]23C[C@H]2C=CCCCCC[C@H](Nc2ccc(F)c(C(F)(F)F)c2)C(=O)N2C[C@H](OC(=O)N4Cc5cccc(F)c5C4)C[C@H]2C(=O)N3)CC1. The molecule has 0 spiro atoms. The van der Waals surface area contributed by atoms with Crippen LogP contribution in [0.5, 0.6) is 0 Å². The molecule has 302 valence electrons. The van der Waals surface area contributed by atoms with Gasteiger partial charge < -0.3 is 20.3 Å². The number of hydrogen-bond acceptors (Lipinski definition) is 8. The Bertz CT molecular complexity index is 2080. The standard InChI is InChI=1S/C38H42F5N5O7S/c1-36(14-15-36)56(53,54)46-34(51)37-18-23(37)9-5-3-2-4-6-11-30(44-24-12-13-29(40)27(16-24)38(41,42)43)33(50)48-20-25(17-31(48)32(49)45-37)55-35(52)47-19-22-8-7-10-28(39)26(22)21-47/h5,7-10,12-13,16,23,25,30-31,44H,2-4,6,11,14-15,17-21H2,1H3,(H,45,49)(H,46,51)/t23-,25-,30+,31+,37-/m1/s1. The zero-order chi connectivity index (χ0) is 40.2. The van der Waals surface area contributed by atoms with Crippen LogP contribution >= 0.6 is 0 Å². The van der Waals surface area contributed by atoms with E-state index in [1.54, 1.807) is 12.1 Å². The molecule has 56 heavy (non-hydrogen) atoms. The predicted molar refractivity (Wildman–Crippen MR) is 191 cm³/mol. The van der Waals surface area contributed by atoms with E-state index in [4.69, 9.17) is 4.74 Å². The fraction of sp³-hybridized carbons (Fsp3) is 0.526. The second-order valence-corrected chi connectivity index (χ2v) is 17.8. The average molecular weight is 808 g/mol. The summed E-state index contributed by atoms with van der Waals surface area (Å²) in [5, 5.41) is 5.53. The van der Waals surface area contributed by atoms with Gasteiger partial charge in [0.25, 0.3) is 5.91 Å². The highest BCUT2D eigenvalue weighted by atomic mass is 32.2.